The number of halogens is 2. The molecule has 1 heterocycles. The Morgan fingerprint density at radius 2 is 1.88 bits per heavy atom. The first-order valence-corrected chi connectivity index (χ1v) is 7.73. The molecule has 1 aromatic rings. The minimum atomic E-state index is 0.885. The standard InChI is InChI=1S/C13H17Br2N/c14-9-11-5-7-16(8-6-11)10-12-3-1-2-4-13(12)15/h1-4,11H,5-10H2. The monoisotopic (exact) mass is 345 g/mol. The summed E-state index contributed by atoms with van der Waals surface area (Å²) in [4.78, 5) is 2.55. The summed E-state index contributed by atoms with van der Waals surface area (Å²) >= 11 is 7.20. The maximum absolute atomic E-state index is 3.61. The van der Waals surface area contributed by atoms with Gasteiger partial charge in [-0.3, -0.25) is 4.90 Å². The van der Waals surface area contributed by atoms with Gasteiger partial charge in [0.05, 0.1) is 0 Å². The summed E-state index contributed by atoms with van der Waals surface area (Å²) in [5, 5.41) is 1.16. The van der Waals surface area contributed by atoms with Crippen LogP contribution in [0.5, 0.6) is 0 Å². The van der Waals surface area contributed by atoms with Gasteiger partial charge in [0, 0.05) is 16.3 Å². The van der Waals surface area contributed by atoms with E-state index in [4.69, 9.17) is 0 Å². The third-order valence-corrected chi connectivity index (χ3v) is 4.97. The lowest BCUT2D eigenvalue weighted by atomic mass is 9.99. The highest BCUT2D eigenvalue weighted by Gasteiger charge is 2.18. The number of likely N-dealkylation sites (tertiary alicyclic amines) is 1. The van der Waals surface area contributed by atoms with Gasteiger partial charge >= 0.3 is 0 Å². The van der Waals surface area contributed by atoms with Crippen molar-refractivity contribution in [1.82, 2.24) is 4.90 Å². The first-order valence-electron chi connectivity index (χ1n) is 5.81. The Balaban J connectivity index is 1.89. The highest BCUT2D eigenvalue weighted by Crippen LogP contribution is 2.23. The lowest BCUT2D eigenvalue weighted by molar-refractivity contribution is 0.187. The molecule has 2 rings (SSSR count). The van der Waals surface area contributed by atoms with Gasteiger partial charge in [-0.15, -0.1) is 0 Å². The molecule has 1 aliphatic rings. The molecule has 0 unspecified atom stereocenters. The van der Waals surface area contributed by atoms with Gasteiger partial charge in [0.1, 0.15) is 0 Å². The lowest BCUT2D eigenvalue weighted by Gasteiger charge is -2.31. The molecule has 0 aromatic heterocycles. The number of benzene rings is 1. The first kappa shape index (κ1) is 12.6. The molecule has 88 valence electrons. The number of nitrogens with zero attached hydrogens (tertiary/aromatic N) is 1. The molecule has 0 atom stereocenters. The van der Waals surface area contributed by atoms with Crippen LogP contribution < -0.4 is 0 Å². The summed E-state index contributed by atoms with van der Waals surface area (Å²) in [6, 6.07) is 8.53. The van der Waals surface area contributed by atoms with Gasteiger partial charge in [0.25, 0.3) is 0 Å². The number of hydrogen-bond donors (Lipinski definition) is 0. The molecule has 1 aromatic carbocycles. The zero-order valence-corrected chi connectivity index (χ0v) is 12.5. The van der Waals surface area contributed by atoms with Gasteiger partial charge in [0.2, 0.25) is 0 Å². The molecule has 0 bridgehead atoms. The van der Waals surface area contributed by atoms with E-state index < -0.39 is 0 Å². The Bertz CT molecular complexity index is 332. The summed E-state index contributed by atoms with van der Waals surface area (Å²) in [6.45, 7) is 3.55. The fourth-order valence-electron chi connectivity index (χ4n) is 2.17. The fraction of sp³-hybridized carbons (Fsp3) is 0.538. The quantitative estimate of drug-likeness (QED) is 0.746. The van der Waals surface area contributed by atoms with E-state index in [1.54, 1.807) is 0 Å². The molecular formula is C13H17Br2N. The van der Waals surface area contributed by atoms with Crippen LogP contribution in [0.2, 0.25) is 0 Å². The molecule has 1 saturated heterocycles. The predicted molar refractivity (Wildman–Crippen MR) is 75.9 cm³/mol. The summed E-state index contributed by atoms with van der Waals surface area (Å²) in [5.74, 6) is 0.885. The van der Waals surface area contributed by atoms with Crippen LogP contribution in [0.1, 0.15) is 18.4 Å². The minimum absolute atomic E-state index is 0.885. The van der Waals surface area contributed by atoms with Crippen molar-refractivity contribution in [2.45, 2.75) is 19.4 Å². The van der Waals surface area contributed by atoms with E-state index in [9.17, 15) is 0 Å². The molecule has 0 aliphatic carbocycles. The molecule has 0 saturated carbocycles. The molecule has 1 aliphatic heterocycles. The predicted octanol–water partition coefficient (Wildman–Crippen LogP) is 4.06. The van der Waals surface area contributed by atoms with E-state index in [0.29, 0.717) is 0 Å². The summed E-state index contributed by atoms with van der Waals surface area (Å²) < 4.78 is 1.23. The second-order valence-corrected chi connectivity index (χ2v) is 5.97. The molecule has 0 radical (unpaired) electrons. The van der Waals surface area contributed by atoms with Crippen LogP contribution in [-0.4, -0.2) is 23.3 Å². The van der Waals surface area contributed by atoms with Crippen molar-refractivity contribution in [3.05, 3.63) is 34.3 Å². The van der Waals surface area contributed by atoms with Crippen molar-refractivity contribution in [2.75, 3.05) is 18.4 Å². The van der Waals surface area contributed by atoms with Gasteiger partial charge in [-0.05, 0) is 43.5 Å². The van der Waals surface area contributed by atoms with Gasteiger partial charge in [-0.2, -0.15) is 0 Å². The first-order chi connectivity index (χ1) is 7.79. The van der Waals surface area contributed by atoms with Crippen LogP contribution in [0, 0.1) is 5.92 Å². The van der Waals surface area contributed by atoms with Crippen LogP contribution in [0.25, 0.3) is 0 Å². The fourth-order valence-corrected chi connectivity index (χ4v) is 3.22. The molecular weight excluding hydrogens is 330 g/mol. The van der Waals surface area contributed by atoms with E-state index in [0.717, 1.165) is 17.8 Å². The molecule has 16 heavy (non-hydrogen) atoms. The van der Waals surface area contributed by atoms with E-state index in [1.165, 1.54) is 36.0 Å². The van der Waals surface area contributed by atoms with Crippen LogP contribution >= 0.6 is 31.9 Å². The number of rotatable bonds is 3. The zero-order chi connectivity index (χ0) is 11.4. The Morgan fingerprint density at radius 1 is 1.19 bits per heavy atom. The van der Waals surface area contributed by atoms with Crippen molar-refractivity contribution in [3.63, 3.8) is 0 Å². The van der Waals surface area contributed by atoms with Crippen LogP contribution in [0.15, 0.2) is 28.7 Å². The summed E-state index contributed by atoms with van der Waals surface area (Å²) in [5.41, 5.74) is 1.40. The van der Waals surface area contributed by atoms with Crippen molar-refractivity contribution < 1.29 is 0 Å². The minimum Gasteiger partial charge on any atom is -0.299 e. The van der Waals surface area contributed by atoms with Crippen LogP contribution in [0.4, 0.5) is 0 Å². The van der Waals surface area contributed by atoms with Gasteiger partial charge in [-0.25, -0.2) is 0 Å². The molecule has 0 amide bonds. The Morgan fingerprint density at radius 3 is 2.50 bits per heavy atom. The number of piperidine rings is 1. The van der Waals surface area contributed by atoms with Crippen LogP contribution in [0.3, 0.4) is 0 Å². The van der Waals surface area contributed by atoms with Crippen molar-refractivity contribution in [3.8, 4) is 0 Å². The normalized spacial score (nSPS) is 18.9. The topological polar surface area (TPSA) is 3.24 Å². The molecule has 1 nitrogen and oxygen atoms in total. The van der Waals surface area contributed by atoms with E-state index in [1.807, 2.05) is 0 Å². The highest BCUT2D eigenvalue weighted by molar-refractivity contribution is 9.10. The average Bonchev–Trinajstić information content (AvgIpc) is 2.33. The summed E-state index contributed by atoms with van der Waals surface area (Å²) in [6.07, 6.45) is 2.66. The van der Waals surface area contributed by atoms with Gasteiger partial charge in [0.15, 0.2) is 0 Å². The Labute approximate surface area is 114 Å². The van der Waals surface area contributed by atoms with Gasteiger partial charge < -0.3 is 0 Å². The maximum Gasteiger partial charge on any atom is 0.0244 e. The summed E-state index contributed by atoms with van der Waals surface area (Å²) in [7, 11) is 0. The van der Waals surface area contributed by atoms with Crippen molar-refractivity contribution in [2.24, 2.45) is 5.92 Å². The molecule has 3 heteroatoms. The molecule has 0 N–H and O–H groups in total. The second kappa shape index (κ2) is 6.18. The molecule has 1 fully saturated rings. The SMILES string of the molecule is BrCC1CCN(Cc2ccccc2Br)CC1. The van der Waals surface area contributed by atoms with Crippen LogP contribution in [-0.2, 0) is 6.54 Å². The largest absolute Gasteiger partial charge is 0.299 e. The van der Waals surface area contributed by atoms with E-state index >= 15 is 0 Å². The van der Waals surface area contributed by atoms with E-state index in [2.05, 4.69) is 61.0 Å². The highest BCUT2D eigenvalue weighted by atomic mass is 79.9. The van der Waals surface area contributed by atoms with E-state index in [-0.39, 0.29) is 0 Å². The van der Waals surface area contributed by atoms with Crippen molar-refractivity contribution in [1.29, 1.82) is 0 Å². The Hall–Kier alpha value is 0.140. The third kappa shape index (κ3) is 3.31. The van der Waals surface area contributed by atoms with Gasteiger partial charge in [-0.1, -0.05) is 50.1 Å². The van der Waals surface area contributed by atoms with Crippen molar-refractivity contribution >= 4 is 31.9 Å². The Kier molecular flexibility index (Phi) is 4.86. The maximum atomic E-state index is 3.61. The number of alkyl halides is 1. The average molecular weight is 347 g/mol. The smallest absolute Gasteiger partial charge is 0.0244 e. The third-order valence-electron chi connectivity index (χ3n) is 3.28. The second-order valence-electron chi connectivity index (χ2n) is 4.47. The number of hydrogen-bond acceptors (Lipinski definition) is 1. The molecule has 0 spiro atoms. The zero-order valence-electron chi connectivity index (χ0n) is 9.33. The lowest BCUT2D eigenvalue weighted by Crippen LogP contribution is -2.33.